The van der Waals surface area contributed by atoms with E-state index < -0.39 is 5.54 Å². The number of carbonyl (C=O) groups excluding carboxylic acids is 1. The highest BCUT2D eigenvalue weighted by Gasteiger charge is 2.52. The van der Waals surface area contributed by atoms with Gasteiger partial charge >= 0.3 is 5.97 Å². The van der Waals surface area contributed by atoms with E-state index in [2.05, 4.69) is 5.32 Å². The van der Waals surface area contributed by atoms with E-state index in [0.29, 0.717) is 19.1 Å². The number of nitrogens with one attached hydrogen (secondary N) is 1. The van der Waals surface area contributed by atoms with Gasteiger partial charge in [0, 0.05) is 0 Å². The highest BCUT2D eigenvalue weighted by molar-refractivity contribution is 5.82. The molecule has 1 aliphatic rings. The van der Waals surface area contributed by atoms with E-state index in [4.69, 9.17) is 9.47 Å². The summed E-state index contributed by atoms with van der Waals surface area (Å²) in [6.07, 6.45) is 2.14. The Balaban J connectivity index is 2.80. The zero-order chi connectivity index (χ0) is 13.8. The highest BCUT2D eigenvalue weighted by atomic mass is 16.5. The minimum absolute atomic E-state index is 0.168. The van der Waals surface area contributed by atoms with Crippen molar-refractivity contribution < 1.29 is 14.3 Å². The van der Waals surface area contributed by atoms with Crippen LogP contribution in [0.2, 0.25) is 0 Å². The summed E-state index contributed by atoms with van der Waals surface area (Å²) in [6.45, 7) is 11.4. The number of carbonyl (C=O) groups is 1. The third-order valence-corrected chi connectivity index (χ3v) is 3.14. The van der Waals surface area contributed by atoms with Gasteiger partial charge in [0.15, 0.2) is 0 Å². The molecule has 0 aromatic rings. The minimum Gasteiger partial charge on any atom is -0.465 e. The van der Waals surface area contributed by atoms with E-state index in [1.165, 1.54) is 0 Å². The summed E-state index contributed by atoms with van der Waals surface area (Å²) in [5.74, 6) is 0.178. The van der Waals surface area contributed by atoms with Crippen LogP contribution in [0.5, 0.6) is 0 Å². The van der Waals surface area contributed by atoms with Crippen LogP contribution in [-0.2, 0) is 14.3 Å². The van der Waals surface area contributed by atoms with Crippen molar-refractivity contribution in [2.75, 3.05) is 19.8 Å². The lowest BCUT2D eigenvalue weighted by Gasteiger charge is -2.35. The van der Waals surface area contributed by atoms with Crippen molar-refractivity contribution in [2.45, 2.75) is 58.6 Å². The third kappa shape index (κ3) is 3.95. The first kappa shape index (κ1) is 15.4. The molecule has 18 heavy (non-hydrogen) atoms. The fraction of sp³-hybridized carbons (Fsp3) is 0.929. The molecule has 4 heteroatoms. The highest BCUT2D eigenvalue weighted by Crippen LogP contribution is 2.41. The molecule has 1 aliphatic carbocycles. The van der Waals surface area contributed by atoms with Gasteiger partial charge in [-0.3, -0.25) is 5.32 Å². The first-order chi connectivity index (χ1) is 8.35. The van der Waals surface area contributed by atoms with E-state index in [0.717, 1.165) is 19.4 Å². The average Bonchev–Trinajstić information content (AvgIpc) is 3.07. The maximum atomic E-state index is 12.3. The number of rotatable bonds is 7. The molecule has 0 saturated heterocycles. The fourth-order valence-corrected chi connectivity index (χ4v) is 2.09. The largest absolute Gasteiger partial charge is 0.465 e. The van der Waals surface area contributed by atoms with Gasteiger partial charge in [-0.05, 0) is 53.0 Å². The van der Waals surface area contributed by atoms with Gasteiger partial charge < -0.3 is 9.47 Å². The number of likely N-dealkylation sites (N-methyl/N-ethyl adjacent to an activating group) is 1. The Hall–Kier alpha value is -0.610. The Morgan fingerprint density at radius 1 is 1.28 bits per heavy atom. The summed E-state index contributed by atoms with van der Waals surface area (Å²) in [4.78, 5) is 12.3. The summed E-state index contributed by atoms with van der Waals surface area (Å²) >= 11 is 0. The van der Waals surface area contributed by atoms with Crippen molar-refractivity contribution in [3.63, 3.8) is 0 Å². The molecule has 1 fully saturated rings. The monoisotopic (exact) mass is 257 g/mol. The van der Waals surface area contributed by atoms with Crippen molar-refractivity contribution in [1.29, 1.82) is 0 Å². The smallest absolute Gasteiger partial charge is 0.329 e. The van der Waals surface area contributed by atoms with E-state index in [9.17, 15) is 4.79 Å². The summed E-state index contributed by atoms with van der Waals surface area (Å²) in [7, 11) is 0. The molecule has 4 nitrogen and oxygen atoms in total. The molecule has 1 atom stereocenters. The standard InChI is InChI=1S/C14H27NO3/c1-6-15-14(11-8-9-11,12(16)17-7-2)10-18-13(3,4)5/h11,15H,6-10H2,1-5H3. The maximum absolute atomic E-state index is 12.3. The molecule has 1 rings (SSSR count). The van der Waals surface area contributed by atoms with Crippen LogP contribution in [0.1, 0.15) is 47.5 Å². The lowest BCUT2D eigenvalue weighted by atomic mass is 9.93. The zero-order valence-corrected chi connectivity index (χ0v) is 12.3. The van der Waals surface area contributed by atoms with Gasteiger partial charge in [0.1, 0.15) is 5.54 Å². The summed E-state index contributed by atoms with van der Waals surface area (Å²) < 4.78 is 11.1. The number of esters is 1. The van der Waals surface area contributed by atoms with Crippen LogP contribution in [0.4, 0.5) is 0 Å². The van der Waals surface area contributed by atoms with Gasteiger partial charge in [-0.25, -0.2) is 4.79 Å². The number of hydrogen-bond donors (Lipinski definition) is 1. The molecule has 1 unspecified atom stereocenters. The second-order valence-corrected chi connectivity index (χ2v) is 5.90. The second kappa shape index (κ2) is 6.02. The van der Waals surface area contributed by atoms with Gasteiger partial charge in [0.25, 0.3) is 0 Å². The van der Waals surface area contributed by atoms with Crippen molar-refractivity contribution in [1.82, 2.24) is 5.32 Å². The Morgan fingerprint density at radius 2 is 1.89 bits per heavy atom. The van der Waals surface area contributed by atoms with Gasteiger partial charge in [-0.1, -0.05) is 6.92 Å². The normalized spacial score (nSPS) is 19.4. The predicted molar refractivity (Wildman–Crippen MR) is 71.5 cm³/mol. The van der Waals surface area contributed by atoms with E-state index >= 15 is 0 Å². The zero-order valence-electron chi connectivity index (χ0n) is 12.3. The van der Waals surface area contributed by atoms with Crippen LogP contribution < -0.4 is 5.32 Å². The van der Waals surface area contributed by atoms with Crippen LogP contribution in [0.3, 0.4) is 0 Å². The van der Waals surface area contributed by atoms with Crippen LogP contribution in [-0.4, -0.2) is 36.9 Å². The van der Waals surface area contributed by atoms with Crippen molar-refractivity contribution in [2.24, 2.45) is 5.92 Å². The van der Waals surface area contributed by atoms with Crippen LogP contribution in [0, 0.1) is 5.92 Å². The van der Waals surface area contributed by atoms with Crippen LogP contribution in [0.15, 0.2) is 0 Å². The molecular formula is C14H27NO3. The fourth-order valence-electron chi connectivity index (χ4n) is 2.09. The quantitative estimate of drug-likeness (QED) is 0.710. The molecule has 0 spiro atoms. The Bertz CT molecular complexity index is 281. The van der Waals surface area contributed by atoms with E-state index in [1.807, 2.05) is 34.6 Å². The van der Waals surface area contributed by atoms with Crippen molar-refractivity contribution >= 4 is 5.97 Å². The van der Waals surface area contributed by atoms with Gasteiger partial charge in [-0.2, -0.15) is 0 Å². The number of hydrogen-bond acceptors (Lipinski definition) is 4. The van der Waals surface area contributed by atoms with Gasteiger partial charge in [-0.15, -0.1) is 0 Å². The number of ether oxygens (including phenoxy) is 2. The van der Waals surface area contributed by atoms with Crippen LogP contribution >= 0.6 is 0 Å². The van der Waals surface area contributed by atoms with Gasteiger partial charge in [0.2, 0.25) is 0 Å². The van der Waals surface area contributed by atoms with Crippen molar-refractivity contribution in [3.05, 3.63) is 0 Å². The van der Waals surface area contributed by atoms with Crippen molar-refractivity contribution in [3.8, 4) is 0 Å². The first-order valence-electron chi connectivity index (χ1n) is 6.92. The lowest BCUT2D eigenvalue weighted by Crippen LogP contribution is -2.59. The molecule has 106 valence electrons. The molecule has 0 heterocycles. The SMILES string of the molecule is CCNC(COC(C)(C)C)(C(=O)OCC)C1CC1. The Morgan fingerprint density at radius 3 is 2.28 bits per heavy atom. The summed E-state index contributed by atoms with van der Waals surface area (Å²) in [5, 5.41) is 3.32. The average molecular weight is 257 g/mol. The molecule has 0 amide bonds. The topological polar surface area (TPSA) is 47.6 Å². The predicted octanol–water partition coefficient (Wildman–Crippen LogP) is 2.12. The molecular weight excluding hydrogens is 230 g/mol. The third-order valence-electron chi connectivity index (χ3n) is 3.14. The molecule has 0 aromatic heterocycles. The first-order valence-corrected chi connectivity index (χ1v) is 6.92. The van der Waals surface area contributed by atoms with E-state index in [1.54, 1.807) is 0 Å². The minimum atomic E-state index is -0.655. The molecule has 1 N–H and O–H groups in total. The van der Waals surface area contributed by atoms with Gasteiger partial charge in [0.05, 0.1) is 18.8 Å². The Kier molecular flexibility index (Phi) is 5.17. The molecule has 0 aliphatic heterocycles. The molecule has 1 saturated carbocycles. The molecule has 0 aromatic carbocycles. The second-order valence-electron chi connectivity index (χ2n) is 5.90. The lowest BCUT2D eigenvalue weighted by molar-refractivity contribution is -0.158. The summed E-state index contributed by atoms with van der Waals surface area (Å²) in [5.41, 5.74) is -0.903. The molecule has 0 bridgehead atoms. The van der Waals surface area contributed by atoms with E-state index in [-0.39, 0.29) is 11.6 Å². The molecule has 0 radical (unpaired) electrons. The maximum Gasteiger partial charge on any atom is 0.329 e. The summed E-state index contributed by atoms with van der Waals surface area (Å²) in [6, 6.07) is 0. The Labute approximate surface area is 110 Å². The van der Waals surface area contributed by atoms with Crippen LogP contribution in [0.25, 0.3) is 0 Å².